The molecule has 15 aliphatic rings. The predicted octanol–water partition coefficient (Wildman–Crippen LogP) is 18.0. The number of carboxylic acids is 1. The van der Waals surface area contributed by atoms with Crippen LogP contribution < -0.4 is 5.73 Å². The van der Waals surface area contributed by atoms with E-state index < -0.39 is 56.3 Å². The molecule has 1 amide bonds. The number of ketones is 6. The second kappa shape index (κ2) is 29.0. The van der Waals surface area contributed by atoms with E-state index in [0.717, 1.165) is 145 Å². The number of carboxylic acid groups (broad SMARTS) is 1. The summed E-state index contributed by atoms with van der Waals surface area (Å²) in [6, 6.07) is 0. The summed E-state index contributed by atoms with van der Waals surface area (Å²) < 4.78 is 38.4. The van der Waals surface area contributed by atoms with Gasteiger partial charge in [0.25, 0.3) is 5.91 Å². The summed E-state index contributed by atoms with van der Waals surface area (Å²) in [6.45, 7) is 39.0. The van der Waals surface area contributed by atoms with Crippen molar-refractivity contribution in [1.29, 1.82) is 0 Å². The van der Waals surface area contributed by atoms with Gasteiger partial charge in [-0.3, -0.25) is 47.9 Å². The van der Waals surface area contributed by atoms with Crippen molar-refractivity contribution in [2.75, 3.05) is 28.4 Å². The number of hydrogen-bond acceptors (Lipinski definition) is 16. The van der Waals surface area contributed by atoms with E-state index in [9.17, 15) is 62.6 Å². The molecule has 0 bridgehead atoms. The molecule has 15 aliphatic carbocycles. The fourth-order valence-corrected chi connectivity index (χ4v) is 29.8. The van der Waals surface area contributed by atoms with Crippen LogP contribution in [0, 0.1) is 152 Å². The second-order valence-corrected chi connectivity index (χ2v) is 43.0. The maximum Gasteiger partial charge on any atom is 0.341 e. The highest BCUT2D eigenvalue weighted by Crippen LogP contribution is 2.79. The van der Waals surface area contributed by atoms with E-state index in [2.05, 4.69) is 96.9 Å². The van der Waals surface area contributed by atoms with Gasteiger partial charge >= 0.3 is 29.8 Å². The van der Waals surface area contributed by atoms with Gasteiger partial charge in [-0.25, -0.2) is 9.59 Å². The Hall–Kier alpha value is -6.72. The average Bonchev–Trinajstić information content (AvgIpc) is 0.681. The lowest BCUT2D eigenvalue weighted by Crippen LogP contribution is -2.65. The van der Waals surface area contributed by atoms with Crippen LogP contribution in [0.25, 0.3) is 0 Å². The maximum atomic E-state index is 14.4. The molecule has 3 N–H and O–H groups in total. The largest absolute Gasteiger partial charge is 0.478 e. The van der Waals surface area contributed by atoms with E-state index >= 15 is 0 Å². The van der Waals surface area contributed by atoms with E-state index in [0.29, 0.717) is 6.42 Å². The van der Waals surface area contributed by atoms with Crippen LogP contribution in [0.4, 0.5) is 0 Å². The predicted molar refractivity (Wildman–Crippen MR) is 441 cm³/mol. The van der Waals surface area contributed by atoms with E-state index in [1.807, 2.05) is 52.0 Å². The molecule has 0 aliphatic heterocycles. The first-order valence-corrected chi connectivity index (χ1v) is 42.3. The van der Waals surface area contributed by atoms with Crippen molar-refractivity contribution in [3.05, 3.63) is 69.9 Å². The maximum absolute atomic E-state index is 14.4. The molecule has 636 valence electrons. The minimum atomic E-state index is -1.19. The molecule has 0 aromatic carbocycles. The zero-order valence-corrected chi connectivity index (χ0v) is 74.3. The van der Waals surface area contributed by atoms with Gasteiger partial charge in [0.1, 0.15) is 0 Å². The Morgan fingerprint density at radius 1 is 0.374 bits per heavy atom. The normalized spacial score (nSPS) is 45.0. The van der Waals surface area contributed by atoms with Crippen LogP contribution in [0.3, 0.4) is 0 Å². The molecule has 0 unspecified atom stereocenters. The minimum absolute atomic E-state index is 0.0155. The number of rotatable bonds is 6. The van der Waals surface area contributed by atoms with Crippen LogP contribution in [0.15, 0.2) is 69.9 Å². The van der Waals surface area contributed by atoms with Gasteiger partial charge in [0, 0.05) is 55.9 Å². The third-order valence-corrected chi connectivity index (χ3v) is 36.8. The lowest BCUT2D eigenvalue weighted by Gasteiger charge is -2.68. The van der Waals surface area contributed by atoms with Crippen LogP contribution in [0.5, 0.6) is 0 Å². The third kappa shape index (κ3) is 12.4. The Balaban J connectivity index is 0.000000180. The highest BCUT2D eigenvalue weighted by Gasteiger charge is 2.75. The average molecular weight is 1600 g/mol. The van der Waals surface area contributed by atoms with Crippen LogP contribution in [-0.4, -0.2) is 104 Å². The smallest absolute Gasteiger partial charge is 0.341 e. The molecule has 15 rings (SSSR count). The molecular formula is C97H141NO17. The van der Waals surface area contributed by atoms with Gasteiger partial charge < -0.3 is 29.8 Å². The Morgan fingerprint density at radius 2 is 0.626 bits per heavy atom. The SMILES string of the molecule is COC(=O)C1=C[C@]2(C)C3=CC(=O)[C@@H]4[C@@H]5CC(C)(C)CC[C@]5(C(=O)OC)CC[C@@]4(C)[C@]3(C)CC[C@H]2[C@H](C)C1=O.COC(=O)[C@]12CCC(C)(C)C[C@H]1[C@H]1C(=O)C=C3[C@@]4(C)C=C(C(=O)O)C(=O)[C@@H](C)[C@@H]4CC[C@@]3(C)[C@]1(C)CC2.COC(=O)[C@]12CCC(C)(C)C[C@H]1[C@H]1C(=O)C=C3[C@@]4(C)C=C(C(N)=O)C(=O)[C@@H](C)[C@@H]4CC[C@@]3(C)[C@]1(C)CC2.[3H]C.[3H]C.[3H]C. The zero-order chi connectivity index (χ0) is 88.7. The van der Waals surface area contributed by atoms with E-state index in [1.54, 1.807) is 12.2 Å². The van der Waals surface area contributed by atoms with E-state index in [1.165, 1.54) is 50.6 Å². The minimum Gasteiger partial charge on any atom is -0.478 e. The quantitative estimate of drug-likeness (QED) is 0.142. The van der Waals surface area contributed by atoms with Gasteiger partial charge in [0.05, 0.1) is 61.4 Å². The number of methoxy groups -OCH3 is 4. The third-order valence-electron chi connectivity index (χ3n) is 36.8. The van der Waals surface area contributed by atoms with Gasteiger partial charge in [-0.1, -0.05) is 182 Å². The number of ether oxygens (including phenoxy) is 4. The van der Waals surface area contributed by atoms with Crippen molar-refractivity contribution in [1.82, 2.24) is 0 Å². The molecule has 18 heteroatoms. The molecular weight excluding hydrogens is 1450 g/mol. The topological polar surface area (TPSA) is 288 Å². The fraction of sp³-hybridized carbons (Fsp3) is 0.753. The Bertz CT molecular complexity index is 4200. The highest BCUT2D eigenvalue weighted by molar-refractivity contribution is 6.21. The number of esters is 4. The number of aliphatic carboxylic acids is 1. The van der Waals surface area contributed by atoms with Crippen LogP contribution >= 0.6 is 0 Å². The van der Waals surface area contributed by atoms with Crippen molar-refractivity contribution in [3.63, 3.8) is 0 Å². The monoisotopic (exact) mass is 1600 g/mol. The molecule has 0 heterocycles. The molecule has 0 aromatic rings. The highest BCUT2D eigenvalue weighted by atomic mass is 16.5. The fourth-order valence-electron chi connectivity index (χ4n) is 29.8. The van der Waals surface area contributed by atoms with Gasteiger partial charge in [0.2, 0.25) is 0 Å². The lowest BCUT2D eigenvalue weighted by atomic mass is 9.35. The molecule has 24 atom stereocenters. The summed E-state index contributed by atoms with van der Waals surface area (Å²) in [5.41, 5.74) is 3.12. The molecule has 0 aromatic heterocycles. The van der Waals surface area contributed by atoms with E-state index in [4.69, 9.17) is 28.8 Å². The van der Waals surface area contributed by atoms with Crippen molar-refractivity contribution >= 4 is 70.5 Å². The second-order valence-electron chi connectivity index (χ2n) is 43.0. The first-order chi connectivity index (χ1) is 54.8. The zero-order valence-electron chi connectivity index (χ0n) is 77.3. The molecule has 0 saturated heterocycles. The molecule has 9 saturated carbocycles. The molecule has 9 fully saturated rings. The van der Waals surface area contributed by atoms with E-state index in [-0.39, 0.29) is 183 Å². The number of nitrogens with two attached hydrogens (primary N) is 1. The summed E-state index contributed by atoms with van der Waals surface area (Å²) in [4.78, 5) is 159. The number of allylic oxidation sites excluding steroid dienone is 9. The Labute approximate surface area is 690 Å². The molecule has 115 heavy (non-hydrogen) atoms. The molecule has 18 nitrogen and oxygen atoms in total. The number of primary amides is 1. The Kier molecular flexibility index (Phi) is 21.8. The summed E-state index contributed by atoms with van der Waals surface area (Å²) in [5.74, 6) is -5.55. The first kappa shape index (κ1) is 86.1. The number of Topliss-reactive ketones (excluding diaryl/α,β-unsaturated/α-hetero) is 3. The Morgan fingerprint density at radius 3 is 0.887 bits per heavy atom. The number of fused-ring (bicyclic) bond motifs is 21. The summed E-state index contributed by atoms with van der Waals surface area (Å²) in [6.07, 6.45) is 27.8. The molecule has 0 radical (unpaired) electrons. The van der Waals surface area contributed by atoms with Crippen LogP contribution in [0.2, 0.25) is 0 Å². The summed E-state index contributed by atoms with van der Waals surface area (Å²) in [5, 5.41) is 9.84. The van der Waals surface area contributed by atoms with Crippen molar-refractivity contribution in [2.24, 2.45) is 158 Å². The summed E-state index contributed by atoms with van der Waals surface area (Å²) in [7, 11) is 9.46. The first-order valence-electron chi connectivity index (χ1n) is 45.3. The lowest BCUT2D eigenvalue weighted by molar-refractivity contribution is -0.191. The van der Waals surface area contributed by atoms with Crippen molar-refractivity contribution in [2.45, 2.75) is 282 Å². The van der Waals surface area contributed by atoms with Crippen molar-refractivity contribution in [3.8, 4) is 0 Å². The van der Waals surface area contributed by atoms with Gasteiger partial charge in [-0.15, -0.1) is 0 Å². The van der Waals surface area contributed by atoms with Crippen molar-refractivity contribution < 1.29 is 85.7 Å². The van der Waals surface area contributed by atoms with Gasteiger partial charge in [-0.05, 0) is 237 Å². The number of hydrogen-bond donors (Lipinski definition) is 2. The standard InChI is InChI=1S/C32H44O6.C31H43NO5.C31H42O6.3CH4/c1-18-20-9-10-30(5)23(29(20,4)16-19(25(18)34)26(35)37-7)15-22(33)24-21-17-28(2,3)11-13-32(21,27(36)38-8)14-12-31(24,30)6;1-17-19-8-9-29(5)22(28(19,4)15-18(24(17)34)25(32)35)14-21(33)23-20-16-27(2,3)10-12-31(20,26(36)37-7)13-11-30(23,29)6;1-17-19-8-9-29(5)22(28(19,4)15-18(24(17)33)25(34)35)14-21(32)23-20-16-27(2,3)10-12-31(20,26(36)37-7)13-11-30(23,29)6;;;/h15-16,18,20-21,24H,9-14,17H2,1-8H3;14-15,17,19-20,23H,8-13,16H2,1-7H3,(H2,32,35);14-15,17,19-20,23H,8-13,16H2,1-7H3,(H,34,35);3*1H4/t18-,20-,21-,24-,29-,30+,31+,32-;2*17-,19-,20-,23-,28-,29+,30+,31-;;;/m000.../s1/i;;;3*1T. The molecule has 0 spiro atoms. The van der Waals surface area contributed by atoms with Gasteiger partial charge in [0.15, 0.2) is 34.7 Å². The van der Waals surface area contributed by atoms with Crippen LogP contribution in [0.1, 0.15) is 286 Å². The number of carbonyl (C=O) groups is 12. The summed E-state index contributed by atoms with van der Waals surface area (Å²) >= 11 is 0. The van der Waals surface area contributed by atoms with Gasteiger partial charge in [-0.2, -0.15) is 0 Å². The number of carbonyl (C=O) groups excluding carboxylic acids is 11. The van der Waals surface area contributed by atoms with Crippen LogP contribution in [-0.2, 0) is 76.5 Å². The number of amides is 1.